The monoisotopic (exact) mass is 317 g/mol. The molecule has 0 unspecified atom stereocenters. The molecule has 3 rings (SSSR count). The summed E-state index contributed by atoms with van der Waals surface area (Å²) in [4.78, 5) is 18.6. The first-order valence-electron chi connectivity index (χ1n) is 8.69. The molecule has 2 atom stereocenters. The number of pyridine rings is 1. The topological polar surface area (TPSA) is 54.5 Å². The minimum Gasteiger partial charge on any atom is -0.379 e. The molecule has 0 spiro atoms. The normalized spacial score (nSPS) is 26.3. The van der Waals surface area contributed by atoms with E-state index in [0.29, 0.717) is 25.7 Å². The summed E-state index contributed by atoms with van der Waals surface area (Å²) in [6.45, 7) is 6.22. The number of nitrogens with zero attached hydrogens (tertiary/aromatic N) is 2. The van der Waals surface area contributed by atoms with Gasteiger partial charge in [-0.1, -0.05) is 6.92 Å². The van der Waals surface area contributed by atoms with Gasteiger partial charge >= 0.3 is 0 Å². The molecule has 0 aliphatic carbocycles. The smallest absolute Gasteiger partial charge is 0.234 e. The SMILES string of the molecule is CC1CCN(CC(=O)N[C@H]2COC[C@H]2Cc2ccncc2)CC1. The number of nitrogens with one attached hydrogen (secondary N) is 1. The van der Waals surface area contributed by atoms with Crippen LogP contribution in [0.4, 0.5) is 0 Å². The minimum atomic E-state index is 0.124. The van der Waals surface area contributed by atoms with Crippen molar-refractivity contribution >= 4 is 5.91 Å². The largest absolute Gasteiger partial charge is 0.379 e. The number of carbonyl (C=O) groups excluding carboxylic acids is 1. The average molecular weight is 317 g/mol. The van der Waals surface area contributed by atoms with E-state index in [0.717, 1.165) is 25.4 Å². The summed E-state index contributed by atoms with van der Waals surface area (Å²) in [6, 6.07) is 4.19. The third kappa shape index (κ3) is 4.75. The first kappa shape index (κ1) is 16.4. The highest BCUT2D eigenvalue weighted by molar-refractivity contribution is 5.78. The maximum absolute atomic E-state index is 12.3. The van der Waals surface area contributed by atoms with E-state index in [1.807, 2.05) is 24.5 Å². The van der Waals surface area contributed by atoms with Crippen molar-refractivity contribution in [2.24, 2.45) is 11.8 Å². The van der Waals surface area contributed by atoms with Crippen molar-refractivity contribution in [2.75, 3.05) is 32.8 Å². The Morgan fingerprint density at radius 3 is 2.78 bits per heavy atom. The average Bonchev–Trinajstić information content (AvgIpc) is 2.97. The summed E-state index contributed by atoms with van der Waals surface area (Å²) in [6.07, 6.45) is 6.95. The highest BCUT2D eigenvalue weighted by Crippen LogP contribution is 2.19. The number of amides is 1. The molecule has 0 saturated carbocycles. The van der Waals surface area contributed by atoms with E-state index >= 15 is 0 Å². The summed E-state index contributed by atoms with van der Waals surface area (Å²) < 4.78 is 5.60. The second-order valence-electron chi connectivity index (χ2n) is 6.99. The zero-order valence-electron chi connectivity index (χ0n) is 13.9. The molecular weight excluding hydrogens is 290 g/mol. The highest BCUT2D eigenvalue weighted by atomic mass is 16.5. The number of ether oxygens (including phenoxy) is 1. The fourth-order valence-corrected chi connectivity index (χ4v) is 3.46. The Kier molecular flexibility index (Phi) is 5.62. The van der Waals surface area contributed by atoms with Crippen molar-refractivity contribution in [3.63, 3.8) is 0 Å². The third-order valence-corrected chi connectivity index (χ3v) is 5.04. The van der Waals surface area contributed by atoms with Crippen LogP contribution in [0.1, 0.15) is 25.3 Å². The van der Waals surface area contributed by atoms with Crippen LogP contribution in [-0.4, -0.2) is 54.7 Å². The fraction of sp³-hybridized carbons (Fsp3) is 0.667. The molecule has 0 bridgehead atoms. The van der Waals surface area contributed by atoms with Gasteiger partial charge in [0, 0.05) is 18.3 Å². The highest BCUT2D eigenvalue weighted by Gasteiger charge is 2.30. The Morgan fingerprint density at radius 2 is 2.04 bits per heavy atom. The number of aromatic nitrogens is 1. The van der Waals surface area contributed by atoms with Crippen LogP contribution in [0.15, 0.2) is 24.5 Å². The van der Waals surface area contributed by atoms with Crippen LogP contribution in [0.25, 0.3) is 0 Å². The summed E-state index contributed by atoms with van der Waals surface area (Å²) in [5, 5.41) is 3.19. The molecule has 23 heavy (non-hydrogen) atoms. The van der Waals surface area contributed by atoms with Gasteiger partial charge < -0.3 is 10.1 Å². The van der Waals surface area contributed by atoms with Crippen LogP contribution in [0.2, 0.25) is 0 Å². The lowest BCUT2D eigenvalue weighted by atomic mass is 9.95. The molecule has 0 radical (unpaired) electrons. The molecule has 2 aliphatic heterocycles. The van der Waals surface area contributed by atoms with Crippen LogP contribution in [0, 0.1) is 11.8 Å². The fourth-order valence-electron chi connectivity index (χ4n) is 3.46. The van der Waals surface area contributed by atoms with Crippen molar-refractivity contribution in [3.8, 4) is 0 Å². The molecule has 2 aliphatic rings. The van der Waals surface area contributed by atoms with Gasteiger partial charge in [-0.2, -0.15) is 0 Å². The summed E-state index contributed by atoms with van der Waals surface area (Å²) in [5.74, 6) is 1.28. The number of rotatable bonds is 5. The standard InChI is InChI=1S/C18H27N3O2/c1-14-4-8-21(9-5-14)11-18(22)20-17-13-23-12-16(17)10-15-2-6-19-7-3-15/h2-3,6-7,14,16-17H,4-5,8-13H2,1H3,(H,20,22)/t16-,17+/m1/s1. The molecule has 1 aromatic heterocycles. The van der Waals surface area contributed by atoms with Crippen molar-refractivity contribution in [1.82, 2.24) is 15.2 Å². The van der Waals surface area contributed by atoms with Gasteiger partial charge in [-0.15, -0.1) is 0 Å². The van der Waals surface area contributed by atoms with E-state index in [-0.39, 0.29) is 11.9 Å². The van der Waals surface area contributed by atoms with Crippen LogP contribution < -0.4 is 5.32 Å². The predicted molar refractivity (Wildman–Crippen MR) is 89.0 cm³/mol. The van der Waals surface area contributed by atoms with Gasteiger partial charge in [-0.25, -0.2) is 0 Å². The van der Waals surface area contributed by atoms with Crippen LogP contribution in [-0.2, 0) is 16.0 Å². The van der Waals surface area contributed by atoms with E-state index in [4.69, 9.17) is 4.74 Å². The maximum atomic E-state index is 12.3. The van der Waals surface area contributed by atoms with Crippen LogP contribution >= 0.6 is 0 Å². The van der Waals surface area contributed by atoms with Gasteiger partial charge in [0.2, 0.25) is 5.91 Å². The van der Waals surface area contributed by atoms with Gasteiger partial charge in [0.05, 0.1) is 25.8 Å². The molecule has 126 valence electrons. The van der Waals surface area contributed by atoms with E-state index in [1.165, 1.54) is 18.4 Å². The van der Waals surface area contributed by atoms with Crippen molar-refractivity contribution in [2.45, 2.75) is 32.2 Å². The number of hydrogen-bond donors (Lipinski definition) is 1. The van der Waals surface area contributed by atoms with Crippen LogP contribution in [0.3, 0.4) is 0 Å². The molecule has 3 heterocycles. The van der Waals surface area contributed by atoms with Gasteiger partial charge in [-0.05, 0) is 56.0 Å². The minimum absolute atomic E-state index is 0.124. The Balaban J connectivity index is 1.47. The molecule has 2 fully saturated rings. The first-order chi connectivity index (χ1) is 11.2. The van der Waals surface area contributed by atoms with E-state index in [2.05, 4.69) is 22.1 Å². The molecule has 0 aromatic carbocycles. The molecule has 1 aromatic rings. The Hall–Kier alpha value is -1.46. The quantitative estimate of drug-likeness (QED) is 0.894. The Bertz CT molecular complexity index is 500. The maximum Gasteiger partial charge on any atom is 0.234 e. The van der Waals surface area contributed by atoms with E-state index in [9.17, 15) is 4.79 Å². The number of carbonyl (C=O) groups is 1. The Labute approximate surface area is 138 Å². The van der Waals surface area contributed by atoms with E-state index < -0.39 is 0 Å². The molecule has 2 saturated heterocycles. The molecule has 1 amide bonds. The Morgan fingerprint density at radius 1 is 1.30 bits per heavy atom. The predicted octanol–water partition coefficient (Wildman–Crippen LogP) is 1.49. The lowest BCUT2D eigenvalue weighted by Gasteiger charge is -2.30. The second kappa shape index (κ2) is 7.88. The van der Waals surface area contributed by atoms with E-state index in [1.54, 1.807) is 0 Å². The summed E-state index contributed by atoms with van der Waals surface area (Å²) >= 11 is 0. The van der Waals surface area contributed by atoms with Gasteiger partial charge in [0.1, 0.15) is 0 Å². The number of hydrogen-bond acceptors (Lipinski definition) is 4. The van der Waals surface area contributed by atoms with Crippen LogP contribution in [0.5, 0.6) is 0 Å². The number of piperidine rings is 1. The third-order valence-electron chi connectivity index (χ3n) is 5.04. The summed E-state index contributed by atoms with van der Waals surface area (Å²) in [5.41, 5.74) is 1.25. The first-order valence-corrected chi connectivity index (χ1v) is 8.69. The molecule has 1 N–H and O–H groups in total. The number of likely N-dealkylation sites (tertiary alicyclic amines) is 1. The molecular formula is C18H27N3O2. The van der Waals surface area contributed by atoms with Crippen molar-refractivity contribution in [3.05, 3.63) is 30.1 Å². The lowest BCUT2D eigenvalue weighted by Crippen LogP contribution is -2.47. The zero-order valence-corrected chi connectivity index (χ0v) is 13.9. The zero-order chi connectivity index (χ0) is 16.1. The van der Waals surface area contributed by atoms with Gasteiger partial charge in [-0.3, -0.25) is 14.7 Å². The van der Waals surface area contributed by atoms with Crippen molar-refractivity contribution < 1.29 is 9.53 Å². The molecule has 5 heteroatoms. The molecule has 5 nitrogen and oxygen atoms in total. The second-order valence-corrected chi connectivity index (χ2v) is 6.99. The van der Waals surface area contributed by atoms with Gasteiger partial charge in [0.25, 0.3) is 0 Å². The van der Waals surface area contributed by atoms with Crippen molar-refractivity contribution in [1.29, 1.82) is 0 Å². The summed E-state index contributed by atoms with van der Waals surface area (Å²) in [7, 11) is 0. The van der Waals surface area contributed by atoms with Gasteiger partial charge in [0.15, 0.2) is 0 Å². The lowest BCUT2D eigenvalue weighted by molar-refractivity contribution is -0.123.